The molecular formula is C12H14N4O3S. The summed E-state index contributed by atoms with van der Waals surface area (Å²) in [5.74, 6) is 0. The molecule has 0 aliphatic heterocycles. The van der Waals surface area contributed by atoms with E-state index in [2.05, 4.69) is 15.6 Å². The van der Waals surface area contributed by atoms with Crippen LogP contribution in [-0.4, -0.2) is 21.5 Å². The highest BCUT2D eigenvalue weighted by Gasteiger charge is 2.16. The average molecular weight is 294 g/mol. The van der Waals surface area contributed by atoms with Crippen molar-refractivity contribution in [2.45, 2.75) is 26.3 Å². The van der Waals surface area contributed by atoms with Crippen molar-refractivity contribution in [2.24, 2.45) is 0 Å². The van der Waals surface area contributed by atoms with Gasteiger partial charge in [-0.2, -0.15) is 0 Å². The molecule has 0 atom stereocenters. The Morgan fingerprint density at radius 3 is 2.70 bits per heavy atom. The number of nitro benzene ring substituents is 1. The first-order valence-electron chi connectivity index (χ1n) is 5.89. The van der Waals surface area contributed by atoms with Crippen molar-refractivity contribution < 1.29 is 9.72 Å². The summed E-state index contributed by atoms with van der Waals surface area (Å²) in [6, 6.07) is 4.05. The third kappa shape index (κ3) is 3.41. The molecule has 2 rings (SSSR count). The lowest BCUT2D eigenvalue weighted by Crippen LogP contribution is -2.43. The number of amides is 2. The van der Waals surface area contributed by atoms with Crippen LogP contribution in [0.3, 0.4) is 0 Å². The number of aromatic nitrogens is 1. The Labute approximate surface area is 119 Å². The van der Waals surface area contributed by atoms with E-state index in [4.69, 9.17) is 0 Å². The standard InChI is InChI=1S/C12H14N4O3S/c1-12(2,3)15-10(17)14-11-13-8-5-4-7(16(18)19)6-9(8)20-11/h4-6H,1-3H3,(H2,13,14,15,17). The monoisotopic (exact) mass is 294 g/mol. The first-order chi connectivity index (χ1) is 9.24. The SMILES string of the molecule is CC(C)(C)NC(=O)Nc1nc2ccc([N+](=O)[O-])cc2s1. The third-order valence-electron chi connectivity index (χ3n) is 2.29. The third-order valence-corrected chi connectivity index (χ3v) is 3.23. The van der Waals surface area contributed by atoms with Crippen LogP contribution in [0.4, 0.5) is 15.6 Å². The van der Waals surface area contributed by atoms with E-state index in [9.17, 15) is 14.9 Å². The molecule has 2 amide bonds. The molecule has 1 aromatic heterocycles. The fourth-order valence-electron chi connectivity index (χ4n) is 1.55. The summed E-state index contributed by atoms with van der Waals surface area (Å²) < 4.78 is 0.658. The highest BCUT2D eigenvalue weighted by Crippen LogP contribution is 2.29. The zero-order chi connectivity index (χ0) is 14.9. The number of nitrogens with zero attached hydrogens (tertiary/aromatic N) is 2. The number of thiazole rings is 1. The Morgan fingerprint density at radius 2 is 2.10 bits per heavy atom. The molecule has 7 nitrogen and oxygen atoms in total. The lowest BCUT2D eigenvalue weighted by Gasteiger charge is -2.19. The van der Waals surface area contributed by atoms with Gasteiger partial charge in [-0.25, -0.2) is 9.78 Å². The summed E-state index contributed by atoms with van der Waals surface area (Å²) >= 11 is 1.20. The number of carbonyl (C=O) groups is 1. The van der Waals surface area contributed by atoms with E-state index in [0.717, 1.165) is 0 Å². The topological polar surface area (TPSA) is 97.2 Å². The van der Waals surface area contributed by atoms with Gasteiger partial charge in [0.25, 0.3) is 5.69 Å². The summed E-state index contributed by atoms with van der Waals surface area (Å²) in [7, 11) is 0. The maximum absolute atomic E-state index is 11.7. The molecule has 0 aliphatic rings. The van der Waals surface area contributed by atoms with E-state index in [1.807, 2.05) is 20.8 Å². The van der Waals surface area contributed by atoms with Crippen LogP contribution in [0, 0.1) is 10.1 Å². The minimum absolute atomic E-state index is 0.00634. The Bertz CT molecular complexity index is 675. The molecule has 106 valence electrons. The summed E-state index contributed by atoms with van der Waals surface area (Å²) in [6.45, 7) is 5.61. The summed E-state index contributed by atoms with van der Waals surface area (Å²) in [5, 5.41) is 16.5. The van der Waals surface area contributed by atoms with Gasteiger partial charge in [-0.15, -0.1) is 0 Å². The number of carbonyl (C=O) groups excluding carboxylic acids is 1. The van der Waals surface area contributed by atoms with E-state index in [0.29, 0.717) is 15.3 Å². The van der Waals surface area contributed by atoms with Gasteiger partial charge < -0.3 is 5.32 Å². The molecule has 0 aliphatic carbocycles. The van der Waals surface area contributed by atoms with Crippen molar-refractivity contribution in [3.8, 4) is 0 Å². The molecule has 1 heterocycles. The maximum Gasteiger partial charge on any atom is 0.321 e. The van der Waals surface area contributed by atoms with Crippen molar-refractivity contribution in [3.63, 3.8) is 0 Å². The molecule has 0 radical (unpaired) electrons. The fraction of sp³-hybridized carbons (Fsp3) is 0.333. The summed E-state index contributed by atoms with van der Waals surface area (Å²) in [4.78, 5) is 26.2. The average Bonchev–Trinajstić information content (AvgIpc) is 2.66. The second-order valence-electron chi connectivity index (χ2n) is 5.26. The van der Waals surface area contributed by atoms with Gasteiger partial charge in [-0.05, 0) is 26.8 Å². The van der Waals surface area contributed by atoms with Crippen LogP contribution < -0.4 is 10.6 Å². The molecule has 0 fully saturated rings. The quantitative estimate of drug-likeness (QED) is 0.656. The lowest BCUT2D eigenvalue weighted by molar-refractivity contribution is -0.384. The van der Waals surface area contributed by atoms with Crippen molar-refractivity contribution in [1.29, 1.82) is 0 Å². The molecular weight excluding hydrogens is 280 g/mol. The van der Waals surface area contributed by atoms with Gasteiger partial charge in [0, 0.05) is 17.7 Å². The number of nitrogens with one attached hydrogen (secondary N) is 2. The van der Waals surface area contributed by atoms with Gasteiger partial charge in [0.05, 0.1) is 15.1 Å². The number of rotatable bonds is 2. The van der Waals surface area contributed by atoms with Crippen LogP contribution in [0.25, 0.3) is 10.2 Å². The Balaban J connectivity index is 2.20. The van der Waals surface area contributed by atoms with Gasteiger partial charge in [0.2, 0.25) is 0 Å². The van der Waals surface area contributed by atoms with Crippen LogP contribution in [0.1, 0.15) is 20.8 Å². The fourth-order valence-corrected chi connectivity index (χ4v) is 2.44. The van der Waals surface area contributed by atoms with Crippen LogP contribution in [-0.2, 0) is 0 Å². The molecule has 2 aromatic rings. The number of hydrogen-bond donors (Lipinski definition) is 2. The molecule has 0 spiro atoms. The number of benzene rings is 1. The van der Waals surface area contributed by atoms with E-state index >= 15 is 0 Å². The van der Waals surface area contributed by atoms with Crippen LogP contribution in [0.15, 0.2) is 18.2 Å². The van der Waals surface area contributed by atoms with E-state index in [1.54, 1.807) is 6.07 Å². The minimum Gasteiger partial charge on any atom is -0.333 e. The highest BCUT2D eigenvalue weighted by atomic mass is 32.1. The number of hydrogen-bond acceptors (Lipinski definition) is 5. The molecule has 0 bridgehead atoms. The first kappa shape index (κ1) is 14.2. The van der Waals surface area contributed by atoms with Crippen molar-refractivity contribution in [3.05, 3.63) is 28.3 Å². The summed E-state index contributed by atoms with van der Waals surface area (Å²) in [6.07, 6.45) is 0. The second-order valence-corrected chi connectivity index (χ2v) is 6.29. The summed E-state index contributed by atoms with van der Waals surface area (Å²) in [5.41, 5.74) is 0.276. The van der Waals surface area contributed by atoms with Crippen LogP contribution in [0.2, 0.25) is 0 Å². The number of anilines is 1. The Hall–Kier alpha value is -2.22. The molecule has 20 heavy (non-hydrogen) atoms. The van der Waals surface area contributed by atoms with Crippen molar-refractivity contribution >= 4 is 38.4 Å². The number of nitro groups is 1. The lowest BCUT2D eigenvalue weighted by atomic mass is 10.1. The molecule has 0 unspecified atom stereocenters. The molecule has 0 saturated heterocycles. The van der Waals surface area contributed by atoms with Crippen molar-refractivity contribution in [1.82, 2.24) is 10.3 Å². The Morgan fingerprint density at radius 1 is 1.40 bits per heavy atom. The number of non-ortho nitro benzene ring substituents is 1. The predicted octanol–water partition coefficient (Wildman–Crippen LogP) is 3.12. The van der Waals surface area contributed by atoms with Gasteiger partial charge >= 0.3 is 6.03 Å². The molecule has 1 aromatic carbocycles. The van der Waals surface area contributed by atoms with Crippen LogP contribution in [0.5, 0.6) is 0 Å². The van der Waals surface area contributed by atoms with E-state index < -0.39 is 4.92 Å². The van der Waals surface area contributed by atoms with Gasteiger partial charge in [0.15, 0.2) is 5.13 Å². The Kier molecular flexibility index (Phi) is 3.58. The highest BCUT2D eigenvalue weighted by molar-refractivity contribution is 7.22. The zero-order valence-corrected chi connectivity index (χ0v) is 12.1. The molecule has 8 heteroatoms. The minimum atomic E-state index is -0.460. The van der Waals surface area contributed by atoms with Gasteiger partial charge in [-0.3, -0.25) is 15.4 Å². The normalized spacial score (nSPS) is 11.3. The first-order valence-corrected chi connectivity index (χ1v) is 6.70. The molecule has 0 saturated carbocycles. The second kappa shape index (κ2) is 5.04. The maximum atomic E-state index is 11.7. The van der Waals surface area contributed by atoms with Crippen molar-refractivity contribution in [2.75, 3.05) is 5.32 Å². The number of fused-ring (bicyclic) bond motifs is 1. The van der Waals surface area contributed by atoms with Gasteiger partial charge in [0.1, 0.15) is 0 Å². The largest absolute Gasteiger partial charge is 0.333 e. The van der Waals surface area contributed by atoms with Gasteiger partial charge in [-0.1, -0.05) is 11.3 Å². The predicted molar refractivity (Wildman–Crippen MR) is 78.2 cm³/mol. The smallest absolute Gasteiger partial charge is 0.321 e. The number of urea groups is 1. The van der Waals surface area contributed by atoms with E-state index in [-0.39, 0.29) is 17.3 Å². The van der Waals surface area contributed by atoms with E-state index in [1.165, 1.54) is 23.5 Å². The zero-order valence-electron chi connectivity index (χ0n) is 11.3. The van der Waals surface area contributed by atoms with Crippen LogP contribution >= 0.6 is 11.3 Å². The molecule has 2 N–H and O–H groups in total.